The third-order valence-corrected chi connectivity index (χ3v) is 2.53. The lowest BCUT2D eigenvalue weighted by atomic mass is 9.86. The quantitative estimate of drug-likeness (QED) is 0.624. The Labute approximate surface area is 98.1 Å². The van der Waals surface area contributed by atoms with Gasteiger partial charge in [-0.2, -0.15) is 0 Å². The van der Waals surface area contributed by atoms with E-state index in [1.54, 1.807) is 0 Å². The fourth-order valence-corrected chi connectivity index (χ4v) is 1.48. The average Bonchev–Trinajstić information content (AvgIpc) is 2.24. The highest BCUT2D eigenvalue weighted by molar-refractivity contribution is 5.28. The zero-order valence-corrected chi connectivity index (χ0v) is 10.4. The number of benzene rings is 1. The van der Waals surface area contributed by atoms with Gasteiger partial charge in [0, 0.05) is 0 Å². The SMILES string of the molecule is CC(C)(C)c1ccc(C/C=C/CON)cc1. The lowest BCUT2D eigenvalue weighted by Crippen LogP contribution is -2.10. The lowest BCUT2D eigenvalue weighted by Gasteiger charge is -2.18. The van der Waals surface area contributed by atoms with Crippen molar-refractivity contribution in [1.29, 1.82) is 0 Å². The summed E-state index contributed by atoms with van der Waals surface area (Å²) in [5.41, 5.74) is 2.90. The van der Waals surface area contributed by atoms with Gasteiger partial charge < -0.3 is 4.84 Å². The topological polar surface area (TPSA) is 35.2 Å². The van der Waals surface area contributed by atoms with E-state index in [9.17, 15) is 0 Å². The standard InChI is InChI=1S/C14H21NO/c1-14(2,3)13-9-7-12(8-10-13)6-4-5-11-16-15/h4-5,7-10H,6,11,15H2,1-3H3/b5-4+. The summed E-state index contributed by atoms with van der Waals surface area (Å²) in [7, 11) is 0. The van der Waals surface area contributed by atoms with Crippen molar-refractivity contribution in [3.63, 3.8) is 0 Å². The zero-order chi connectivity index (χ0) is 12.0. The molecule has 2 heteroatoms. The highest BCUT2D eigenvalue weighted by Crippen LogP contribution is 2.22. The minimum atomic E-state index is 0.224. The Morgan fingerprint density at radius 1 is 1.12 bits per heavy atom. The van der Waals surface area contributed by atoms with E-state index < -0.39 is 0 Å². The first-order valence-corrected chi connectivity index (χ1v) is 5.60. The van der Waals surface area contributed by atoms with Crippen molar-refractivity contribution in [1.82, 2.24) is 0 Å². The predicted octanol–water partition coefficient (Wildman–Crippen LogP) is 2.97. The van der Waals surface area contributed by atoms with Gasteiger partial charge in [0.05, 0.1) is 6.61 Å². The molecule has 0 atom stereocenters. The Kier molecular flexibility index (Phi) is 4.71. The third kappa shape index (κ3) is 4.17. The van der Waals surface area contributed by atoms with Gasteiger partial charge in [0.1, 0.15) is 0 Å². The highest BCUT2D eigenvalue weighted by Gasteiger charge is 2.12. The predicted molar refractivity (Wildman–Crippen MR) is 68.1 cm³/mol. The molecule has 0 spiro atoms. The van der Waals surface area contributed by atoms with E-state index in [0.717, 1.165) is 6.42 Å². The van der Waals surface area contributed by atoms with Crippen molar-refractivity contribution in [2.45, 2.75) is 32.6 Å². The van der Waals surface area contributed by atoms with Gasteiger partial charge >= 0.3 is 0 Å². The van der Waals surface area contributed by atoms with Crippen LogP contribution in [0, 0.1) is 0 Å². The minimum absolute atomic E-state index is 0.224. The van der Waals surface area contributed by atoms with Crippen LogP contribution in [-0.2, 0) is 16.7 Å². The van der Waals surface area contributed by atoms with Crippen molar-refractivity contribution >= 4 is 0 Å². The number of hydrogen-bond acceptors (Lipinski definition) is 2. The van der Waals surface area contributed by atoms with Gasteiger partial charge in [0.2, 0.25) is 0 Å². The van der Waals surface area contributed by atoms with Gasteiger partial charge in [-0.05, 0) is 23.0 Å². The number of rotatable bonds is 4. The summed E-state index contributed by atoms with van der Waals surface area (Å²) >= 11 is 0. The van der Waals surface area contributed by atoms with Gasteiger partial charge in [-0.1, -0.05) is 57.2 Å². The van der Waals surface area contributed by atoms with E-state index in [2.05, 4.69) is 56.0 Å². The number of allylic oxidation sites excluding steroid dienone is 1. The van der Waals surface area contributed by atoms with Crippen LogP contribution in [0.1, 0.15) is 31.9 Å². The molecular formula is C14H21NO. The second-order valence-corrected chi connectivity index (χ2v) is 4.96. The van der Waals surface area contributed by atoms with Crippen LogP contribution in [0.2, 0.25) is 0 Å². The first kappa shape index (κ1) is 12.9. The van der Waals surface area contributed by atoms with E-state index in [1.165, 1.54) is 11.1 Å². The molecule has 2 N–H and O–H groups in total. The first-order valence-electron chi connectivity index (χ1n) is 5.60. The Balaban J connectivity index is 2.58. The Hall–Kier alpha value is -1.12. The second-order valence-electron chi connectivity index (χ2n) is 4.96. The van der Waals surface area contributed by atoms with Gasteiger partial charge in [0.25, 0.3) is 0 Å². The zero-order valence-electron chi connectivity index (χ0n) is 10.4. The molecule has 88 valence electrons. The van der Waals surface area contributed by atoms with E-state index >= 15 is 0 Å². The van der Waals surface area contributed by atoms with Crippen LogP contribution in [0.3, 0.4) is 0 Å². The molecule has 0 radical (unpaired) electrons. The molecule has 1 aromatic carbocycles. The molecule has 0 saturated heterocycles. The summed E-state index contributed by atoms with van der Waals surface area (Å²) in [5, 5.41) is 0. The van der Waals surface area contributed by atoms with Crippen LogP contribution in [0.25, 0.3) is 0 Å². The summed E-state index contributed by atoms with van der Waals surface area (Å²) in [6, 6.07) is 8.74. The molecule has 1 rings (SSSR count). The van der Waals surface area contributed by atoms with E-state index in [4.69, 9.17) is 5.90 Å². The van der Waals surface area contributed by atoms with Crippen LogP contribution < -0.4 is 5.90 Å². The molecule has 0 aliphatic carbocycles. The van der Waals surface area contributed by atoms with E-state index in [1.807, 2.05) is 6.08 Å². The normalized spacial score (nSPS) is 12.2. The van der Waals surface area contributed by atoms with Crippen molar-refractivity contribution in [2.24, 2.45) is 5.90 Å². The molecule has 0 heterocycles. The summed E-state index contributed by atoms with van der Waals surface area (Å²) in [6.45, 7) is 7.14. The van der Waals surface area contributed by atoms with Crippen LogP contribution in [0.5, 0.6) is 0 Å². The maximum Gasteiger partial charge on any atom is 0.0860 e. The van der Waals surface area contributed by atoms with Gasteiger partial charge in [-0.25, -0.2) is 5.90 Å². The van der Waals surface area contributed by atoms with E-state index in [-0.39, 0.29) is 5.41 Å². The molecule has 16 heavy (non-hydrogen) atoms. The summed E-state index contributed by atoms with van der Waals surface area (Å²) in [5.74, 6) is 4.92. The Bertz CT molecular complexity index is 333. The number of nitrogens with two attached hydrogens (primary N) is 1. The lowest BCUT2D eigenvalue weighted by molar-refractivity contribution is 0.168. The number of hydrogen-bond donors (Lipinski definition) is 1. The van der Waals surface area contributed by atoms with Crippen molar-refractivity contribution in [3.8, 4) is 0 Å². The maximum absolute atomic E-state index is 4.92. The fraction of sp³-hybridized carbons (Fsp3) is 0.429. The van der Waals surface area contributed by atoms with Crippen LogP contribution in [0.15, 0.2) is 36.4 Å². The largest absolute Gasteiger partial charge is 0.300 e. The molecule has 0 bridgehead atoms. The summed E-state index contributed by atoms with van der Waals surface area (Å²) < 4.78 is 0. The molecular weight excluding hydrogens is 198 g/mol. The molecule has 0 aliphatic rings. The molecule has 0 amide bonds. The molecule has 2 nitrogen and oxygen atoms in total. The summed E-state index contributed by atoms with van der Waals surface area (Å²) in [6.07, 6.45) is 4.92. The monoisotopic (exact) mass is 219 g/mol. The molecule has 0 fully saturated rings. The van der Waals surface area contributed by atoms with Crippen LogP contribution >= 0.6 is 0 Å². The minimum Gasteiger partial charge on any atom is -0.300 e. The Morgan fingerprint density at radius 2 is 1.75 bits per heavy atom. The Morgan fingerprint density at radius 3 is 2.25 bits per heavy atom. The highest BCUT2D eigenvalue weighted by atomic mass is 16.6. The molecule has 1 aromatic rings. The fourth-order valence-electron chi connectivity index (χ4n) is 1.48. The van der Waals surface area contributed by atoms with Gasteiger partial charge in [-0.3, -0.25) is 0 Å². The van der Waals surface area contributed by atoms with Crippen LogP contribution in [0.4, 0.5) is 0 Å². The average molecular weight is 219 g/mol. The molecule has 0 saturated carbocycles. The van der Waals surface area contributed by atoms with Gasteiger partial charge in [0.15, 0.2) is 0 Å². The molecule has 0 unspecified atom stereocenters. The molecule has 0 aromatic heterocycles. The first-order chi connectivity index (χ1) is 7.54. The van der Waals surface area contributed by atoms with Crippen molar-refractivity contribution in [3.05, 3.63) is 47.5 Å². The summed E-state index contributed by atoms with van der Waals surface area (Å²) in [4.78, 5) is 4.46. The van der Waals surface area contributed by atoms with E-state index in [0.29, 0.717) is 6.61 Å². The van der Waals surface area contributed by atoms with Crippen molar-refractivity contribution < 1.29 is 4.84 Å². The van der Waals surface area contributed by atoms with Crippen molar-refractivity contribution in [2.75, 3.05) is 6.61 Å². The maximum atomic E-state index is 4.92. The smallest absolute Gasteiger partial charge is 0.0860 e. The second kappa shape index (κ2) is 5.83. The molecule has 0 aliphatic heterocycles. The van der Waals surface area contributed by atoms with Gasteiger partial charge in [-0.15, -0.1) is 0 Å². The van der Waals surface area contributed by atoms with Crippen LogP contribution in [-0.4, -0.2) is 6.61 Å². The third-order valence-electron chi connectivity index (χ3n) is 2.53.